The third kappa shape index (κ3) is 7.80. The molecule has 232 valence electrons. The van der Waals surface area contributed by atoms with E-state index in [0.29, 0.717) is 34.3 Å². The van der Waals surface area contributed by atoms with Gasteiger partial charge in [0, 0.05) is 27.2 Å². The number of anilines is 2. The number of unbranched alkanes of at least 4 members (excludes halogenated alkanes) is 1. The number of hydrogen-bond acceptors (Lipinski definition) is 6. The highest BCUT2D eigenvalue weighted by molar-refractivity contribution is 8.00. The average molecular weight is 633 g/mol. The number of carbonyl (C=O) groups is 4. The van der Waals surface area contributed by atoms with E-state index in [4.69, 9.17) is 4.74 Å². The van der Waals surface area contributed by atoms with Crippen molar-refractivity contribution in [3.8, 4) is 0 Å². The molecule has 0 radical (unpaired) electrons. The van der Waals surface area contributed by atoms with Gasteiger partial charge in [-0.15, -0.1) is 11.8 Å². The molecule has 2 amide bonds. The highest BCUT2D eigenvalue weighted by Gasteiger charge is 2.23. The molecule has 1 atom stereocenters. The SMILES string of the molecule is CCCCOC(=O)c1ccc(NC(=O)C(Sc2cccc(NC(=O)c3cccc4cccc(C(=O)O)c34)c2)c2ccccc2)cc1. The van der Waals surface area contributed by atoms with Gasteiger partial charge in [0.25, 0.3) is 5.91 Å². The number of ether oxygens (including phenoxy) is 1. The summed E-state index contributed by atoms with van der Waals surface area (Å²) < 4.78 is 5.26. The highest BCUT2D eigenvalue weighted by Crippen LogP contribution is 2.37. The number of carboxylic acid groups (broad SMARTS) is 1. The lowest BCUT2D eigenvalue weighted by atomic mass is 9.98. The maximum Gasteiger partial charge on any atom is 0.338 e. The molecule has 8 nitrogen and oxygen atoms in total. The number of aromatic carboxylic acids is 1. The quantitative estimate of drug-likeness (QED) is 0.0720. The first-order valence-corrected chi connectivity index (χ1v) is 15.7. The van der Waals surface area contributed by atoms with Gasteiger partial charge in [0.2, 0.25) is 5.91 Å². The Hall–Kier alpha value is -5.41. The summed E-state index contributed by atoms with van der Waals surface area (Å²) in [6, 6.07) is 33.0. The molecule has 0 aliphatic carbocycles. The molecular formula is C37H32N2O6S. The van der Waals surface area contributed by atoms with Crippen molar-refractivity contribution < 1.29 is 29.0 Å². The van der Waals surface area contributed by atoms with Crippen molar-refractivity contribution in [3.63, 3.8) is 0 Å². The second-order valence-electron chi connectivity index (χ2n) is 10.5. The van der Waals surface area contributed by atoms with Gasteiger partial charge >= 0.3 is 11.9 Å². The molecule has 0 saturated carbocycles. The minimum atomic E-state index is -1.12. The van der Waals surface area contributed by atoms with Crippen LogP contribution in [-0.2, 0) is 9.53 Å². The summed E-state index contributed by atoms with van der Waals surface area (Å²) in [6.45, 7) is 2.39. The number of esters is 1. The summed E-state index contributed by atoms with van der Waals surface area (Å²) in [5.41, 5.74) is 2.51. The predicted molar refractivity (Wildman–Crippen MR) is 181 cm³/mol. The van der Waals surface area contributed by atoms with Crippen molar-refractivity contribution in [2.45, 2.75) is 29.9 Å². The summed E-state index contributed by atoms with van der Waals surface area (Å²) in [5.74, 6) is -2.23. The van der Waals surface area contributed by atoms with Crippen LogP contribution in [0.15, 0.2) is 120 Å². The van der Waals surface area contributed by atoms with Gasteiger partial charge in [-0.25, -0.2) is 9.59 Å². The lowest BCUT2D eigenvalue weighted by molar-refractivity contribution is -0.115. The van der Waals surface area contributed by atoms with Gasteiger partial charge in [0.1, 0.15) is 5.25 Å². The number of carboxylic acids is 1. The fourth-order valence-corrected chi connectivity index (χ4v) is 5.96. The second-order valence-corrected chi connectivity index (χ2v) is 11.6. The van der Waals surface area contributed by atoms with E-state index in [1.807, 2.05) is 43.3 Å². The Labute approximate surface area is 270 Å². The minimum Gasteiger partial charge on any atom is -0.478 e. The Morgan fingerprint density at radius 1 is 0.761 bits per heavy atom. The first-order valence-electron chi connectivity index (χ1n) is 14.8. The van der Waals surface area contributed by atoms with Crippen molar-refractivity contribution in [3.05, 3.63) is 138 Å². The van der Waals surface area contributed by atoms with E-state index in [1.165, 1.54) is 17.8 Å². The number of amides is 2. The zero-order valence-electron chi connectivity index (χ0n) is 25.1. The lowest BCUT2D eigenvalue weighted by Gasteiger charge is -2.18. The summed E-state index contributed by atoms with van der Waals surface area (Å²) >= 11 is 1.32. The minimum absolute atomic E-state index is 0.0471. The zero-order chi connectivity index (χ0) is 32.5. The van der Waals surface area contributed by atoms with Crippen LogP contribution in [-0.4, -0.2) is 35.5 Å². The summed E-state index contributed by atoms with van der Waals surface area (Å²) in [5, 5.41) is 15.9. The molecule has 0 aromatic heterocycles. The average Bonchev–Trinajstić information content (AvgIpc) is 3.07. The fraction of sp³-hybridized carbons (Fsp3) is 0.135. The zero-order valence-corrected chi connectivity index (χ0v) is 25.9. The lowest BCUT2D eigenvalue weighted by Crippen LogP contribution is -2.19. The van der Waals surface area contributed by atoms with Crippen LogP contribution < -0.4 is 10.6 Å². The van der Waals surface area contributed by atoms with Crippen LogP contribution >= 0.6 is 11.8 Å². The fourth-order valence-electron chi connectivity index (χ4n) is 4.88. The van der Waals surface area contributed by atoms with E-state index < -0.39 is 23.1 Å². The Morgan fingerprint density at radius 3 is 2.15 bits per heavy atom. The van der Waals surface area contributed by atoms with E-state index in [2.05, 4.69) is 10.6 Å². The van der Waals surface area contributed by atoms with Crippen molar-refractivity contribution >= 4 is 57.7 Å². The largest absolute Gasteiger partial charge is 0.478 e. The number of carbonyl (C=O) groups excluding carboxylic acids is 3. The van der Waals surface area contributed by atoms with Gasteiger partial charge in [-0.2, -0.15) is 0 Å². The molecule has 3 N–H and O–H groups in total. The van der Waals surface area contributed by atoms with Crippen molar-refractivity contribution in [1.82, 2.24) is 0 Å². The number of thioether (sulfide) groups is 1. The number of rotatable bonds is 12. The van der Waals surface area contributed by atoms with Crippen LogP contribution in [0.25, 0.3) is 10.8 Å². The molecular weight excluding hydrogens is 600 g/mol. The van der Waals surface area contributed by atoms with Gasteiger partial charge in [-0.1, -0.05) is 74.0 Å². The first kappa shape index (κ1) is 32.0. The summed E-state index contributed by atoms with van der Waals surface area (Å²) in [6.07, 6.45) is 1.73. The van der Waals surface area contributed by atoms with E-state index in [0.717, 1.165) is 23.3 Å². The van der Waals surface area contributed by atoms with Crippen LogP contribution in [0.2, 0.25) is 0 Å². The molecule has 0 heterocycles. The Morgan fingerprint density at radius 2 is 1.46 bits per heavy atom. The van der Waals surface area contributed by atoms with Crippen LogP contribution in [0, 0.1) is 0 Å². The predicted octanol–water partition coefficient (Wildman–Crippen LogP) is 8.22. The number of hydrogen-bond donors (Lipinski definition) is 3. The van der Waals surface area contributed by atoms with Crippen molar-refractivity contribution in [1.29, 1.82) is 0 Å². The molecule has 0 spiro atoms. The van der Waals surface area contributed by atoms with Crippen LogP contribution in [0.4, 0.5) is 11.4 Å². The molecule has 0 saturated heterocycles. The van der Waals surface area contributed by atoms with Gasteiger partial charge in [-0.05, 0) is 72.0 Å². The van der Waals surface area contributed by atoms with Crippen molar-refractivity contribution in [2.24, 2.45) is 0 Å². The summed E-state index contributed by atoms with van der Waals surface area (Å²) in [4.78, 5) is 51.9. The number of benzene rings is 5. The van der Waals surface area contributed by atoms with Gasteiger partial charge in [0.05, 0.1) is 17.7 Å². The molecule has 5 aromatic rings. The monoisotopic (exact) mass is 632 g/mol. The number of fused-ring (bicyclic) bond motifs is 1. The highest BCUT2D eigenvalue weighted by atomic mass is 32.2. The van der Waals surface area contributed by atoms with Gasteiger partial charge in [-0.3, -0.25) is 9.59 Å². The summed E-state index contributed by atoms with van der Waals surface area (Å²) in [7, 11) is 0. The number of nitrogens with one attached hydrogen (secondary N) is 2. The van der Waals surface area contributed by atoms with E-state index >= 15 is 0 Å². The molecule has 5 rings (SSSR count). The third-order valence-electron chi connectivity index (χ3n) is 7.19. The van der Waals surface area contributed by atoms with E-state index in [9.17, 15) is 24.3 Å². The van der Waals surface area contributed by atoms with Crippen LogP contribution in [0.1, 0.15) is 61.7 Å². The van der Waals surface area contributed by atoms with E-state index in [1.54, 1.807) is 72.8 Å². The standard InChI is InChI=1S/C37H32N2O6S/c1-2-3-22-45-37(44)26-18-20-27(21-19-26)38-35(41)33(25-10-5-4-6-11-25)46-29-15-9-14-28(23-29)39-34(40)30-16-7-12-24-13-8-17-31(32(24)30)36(42)43/h4-21,23,33H,2-3,22H2,1H3,(H,38,41)(H,39,40)(H,42,43). The smallest absolute Gasteiger partial charge is 0.338 e. The Kier molecular flexibility index (Phi) is 10.5. The van der Waals surface area contributed by atoms with E-state index in [-0.39, 0.29) is 17.0 Å². The first-order chi connectivity index (χ1) is 22.3. The molecule has 0 aliphatic heterocycles. The molecule has 46 heavy (non-hydrogen) atoms. The maximum absolute atomic E-state index is 13.6. The van der Waals surface area contributed by atoms with Crippen LogP contribution in [0.3, 0.4) is 0 Å². The molecule has 9 heteroatoms. The third-order valence-corrected chi connectivity index (χ3v) is 8.43. The molecule has 0 fully saturated rings. The molecule has 5 aromatic carbocycles. The maximum atomic E-state index is 13.6. The Balaban J connectivity index is 1.33. The normalized spacial score (nSPS) is 11.4. The topological polar surface area (TPSA) is 122 Å². The van der Waals surface area contributed by atoms with Gasteiger partial charge < -0.3 is 20.5 Å². The molecule has 1 unspecified atom stereocenters. The molecule has 0 bridgehead atoms. The Bertz CT molecular complexity index is 1870. The second kappa shape index (κ2) is 15.0. The van der Waals surface area contributed by atoms with Crippen molar-refractivity contribution in [2.75, 3.05) is 17.2 Å². The van der Waals surface area contributed by atoms with Crippen LogP contribution in [0.5, 0.6) is 0 Å². The molecule has 0 aliphatic rings. The van der Waals surface area contributed by atoms with Gasteiger partial charge in [0.15, 0.2) is 0 Å².